The molecule has 0 unspecified atom stereocenters. The molecule has 0 saturated heterocycles. The quantitative estimate of drug-likeness (QED) is 0.482. The largest absolute Gasteiger partial charge is 0.382 e. The van der Waals surface area contributed by atoms with Crippen LogP contribution in [0, 0.1) is 0 Å². The lowest BCUT2D eigenvalue weighted by atomic mass is 10.0. The number of aromatic amines is 2. The first-order chi connectivity index (χ1) is 9.33. The molecule has 4 N–H and O–H groups in total. The lowest BCUT2D eigenvalue weighted by Gasteiger charge is -2.02. The Balaban J connectivity index is 2.03. The Bertz CT molecular complexity index is 888. The van der Waals surface area contributed by atoms with E-state index in [4.69, 9.17) is 5.73 Å². The summed E-state index contributed by atoms with van der Waals surface area (Å²) in [7, 11) is 0. The maximum absolute atomic E-state index is 5.84. The van der Waals surface area contributed by atoms with Crippen molar-refractivity contribution < 1.29 is 0 Å². The van der Waals surface area contributed by atoms with Crippen molar-refractivity contribution in [3.63, 3.8) is 0 Å². The van der Waals surface area contributed by atoms with Crippen molar-refractivity contribution in [1.82, 2.24) is 25.1 Å². The standard InChI is InChI=1S/C13H10N6/c14-12-9-5-7(1-2-10(9)18-19-12)8-3-4-15-13-11(8)16-6-17-13/h1-6H,(H3,14,18,19)(H,15,16,17). The van der Waals surface area contributed by atoms with Crippen LogP contribution in [0.1, 0.15) is 0 Å². The summed E-state index contributed by atoms with van der Waals surface area (Å²) in [5.41, 5.74) is 10.5. The van der Waals surface area contributed by atoms with Crippen molar-refractivity contribution in [2.75, 3.05) is 5.73 Å². The van der Waals surface area contributed by atoms with Crippen LogP contribution in [0.25, 0.3) is 33.2 Å². The number of imidazole rings is 1. The fraction of sp³-hybridized carbons (Fsp3) is 0. The second kappa shape index (κ2) is 3.55. The van der Waals surface area contributed by atoms with Crippen LogP contribution in [0.15, 0.2) is 36.8 Å². The van der Waals surface area contributed by atoms with Gasteiger partial charge in [0, 0.05) is 17.1 Å². The summed E-state index contributed by atoms with van der Waals surface area (Å²) in [5, 5.41) is 7.81. The first-order valence-electron chi connectivity index (χ1n) is 5.85. The van der Waals surface area contributed by atoms with Crippen molar-refractivity contribution in [2.45, 2.75) is 0 Å². The van der Waals surface area contributed by atoms with Crippen LogP contribution in [0.2, 0.25) is 0 Å². The second-order valence-corrected chi connectivity index (χ2v) is 4.33. The van der Waals surface area contributed by atoms with Gasteiger partial charge in [-0.2, -0.15) is 5.10 Å². The van der Waals surface area contributed by atoms with E-state index in [9.17, 15) is 0 Å². The Labute approximate surface area is 107 Å². The van der Waals surface area contributed by atoms with Crippen molar-refractivity contribution in [2.24, 2.45) is 0 Å². The summed E-state index contributed by atoms with van der Waals surface area (Å²) in [5.74, 6) is 0.504. The van der Waals surface area contributed by atoms with Gasteiger partial charge in [0.1, 0.15) is 5.52 Å². The lowest BCUT2D eigenvalue weighted by molar-refractivity contribution is 1.13. The van der Waals surface area contributed by atoms with E-state index in [0.717, 1.165) is 33.2 Å². The van der Waals surface area contributed by atoms with Gasteiger partial charge in [0.25, 0.3) is 0 Å². The zero-order valence-electron chi connectivity index (χ0n) is 9.88. The number of pyridine rings is 1. The highest BCUT2D eigenvalue weighted by Crippen LogP contribution is 2.29. The molecule has 19 heavy (non-hydrogen) atoms. The zero-order chi connectivity index (χ0) is 12.8. The minimum Gasteiger partial charge on any atom is -0.382 e. The van der Waals surface area contributed by atoms with Crippen LogP contribution < -0.4 is 5.73 Å². The van der Waals surface area contributed by atoms with Crippen LogP contribution in [-0.2, 0) is 0 Å². The molecule has 0 saturated carbocycles. The Morgan fingerprint density at radius 3 is 3.00 bits per heavy atom. The Kier molecular flexibility index (Phi) is 1.88. The number of H-pyrrole nitrogens is 2. The van der Waals surface area contributed by atoms with Gasteiger partial charge in [-0.25, -0.2) is 9.97 Å². The number of hydrogen-bond acceptors (Lipinski definition) is 4. The fourth-order valence-electron chi connectivity index (χ4n) is 2.28. The molecule has 0 aliphatic rings. The van der Waals surface area contributed by atoms with Gasteiger partial charge in [0.05, 0.1) is 11.8 Å². The minimum absolute atomic E-state index is 0.504. The Morgan fingerprint density at radius 1 is 1.11 bits per heavy atom. The van der Waals surface area contributed by atoms with Crippen molar-refractivity contribution >= 4 is 27.9 Å². The number of fused-ring (bicyclic) bond motifs is 2. The van der Waals surface area contributed by atoms with Crippen molar-refractivity contribution in [3.8, 4) is 11.1 Å². The van der Waals surface area contributed by atoms with Crippen LogP contribution >= 0.6 is 0 Å². The van der Waals surface area contributed by atoms with Crippen LogP contribution in [0.5, 0.6) is 0 Å². The molecule has 0 fully saturated rings. The Hall–Kier alpha value is -2.89. The highest BCUT2D eigenvalue weighted by Gasteiger charge is 2.09. The van der Waals surface area contributed by atoms with E-state index in [1.54, 1.807) is 12.5 Å². The number of nitrogens with one attached hydrogen (secondary N) is 2. The molecular formula is C13H10N6. The number of rotatable bonds is 1. The highest BCUT2D eigenvalue weighted by molar-refractivity contribution is 5.96. The molecule has 0 aliphatic carbocycles. The molecule has 0 spiro atoms. The predicted molar refractivity (Wildman–Crippen MR) is 73.4 cm³/mol. The molecule has 0 atom stereocenters. The van der Waals surface area contributed by atoms with Gasteiger partial charge in [0.15, 0.2) is 11.5 Å². The predicted octanol–water partition coefficient (Wildman–Crippen LogP) is 2.08. The summed E-state index contributed by atoms with van der Waals surface area (Å²) in [6, 6.07) is 7.94. The van der Waals surface area contributed by atoms with E-state index >= 15 is 0 Å². The van der Waals surface area contributed by atoms with Crippen LogP contribution in [-0.4, -0.2) is 25.1 Å². The number of anilines is 1. The van der Waals surface area contributed by atoms with E-state index < -0.39 is 0 Å². The number of nitrogens with two attached hydrogens (primary N) is 1. The van der Waals surface area contributed by atoms with Gasteiger partial charge >= 0.3 is 0 Å². The molecule has 4 rings (SSSR count). The molecular weight excluding hydrogens is 240 g/mol. The third-order valence-corrected chi connectivity index (χ3v) is 3.22. The molecule has 6 heteroatoms. The summed E-state index contributed by atoms with van der Waals surface area (Å²) in [6.45, 7) is 0. The van der Waals surface area contributed by atoms with Crippen LogP contribution in [0.3, 0.4) is 0 Å². The number of nitrogens with zero attached hydrogens (tertiary/aromatic N) is 3. The SMILES string of the molecule is Nc1n[nH]c2ccc(-c3ccnc4[nH]cnc34)cc12. The molecule has 6 nitrogen and oxygen atoms in total. The minimum atomic E-state index is 0.504. The third-order valence-electron chi connectivity index (χ3n) is 3.22. The van der Waals surface area contributed by atoms with E-state index in [-0.39, 0.29) is 0 Å². The molecule has 1 aromatic carbocycles. The maximum atomic E-state index is 5.84. The Morgan fingerprint density at radius 2 is 2.05 bits per heavy atom. The van der Waals surface area contributed by atoms with Gasteiger partial charge in [-0.3, -0.25) is 5.10 Å². The smallest absolute Gasteiger partial charge is 0.157 e. The number of hydrogen-bond donors (Lipinski definition) is 3. The fourth-order valence-corrected chi connectivity index (χ4v) is 2.28. The molecule has 0 aliphatic heterocycles. The highest BCUT2D eigenvalue weighted by atomic mass is 15.1. The monoisotopic (exact) mass is 250 g/mol. The summed E-state index contributed by atoms with van der Waals surface area (Å²) in [4.78, 5) is 11.6. The lowest BCUT2D eigenvalue weighted by Crippen LogP contribution is -1.86. The number of aromatic nitrogens is 5. The third kappa shape index (κ3) is 1.40. The van der Waals surface area contributed by atoms with E-state index in [2.05, 4.69) is 25.1 Å². The molecule has 3 aromatic heterocycles. The summed E-state index contributed by atoms with van der Waals surface area (Å²) >= 11 is 0. The number of nitrogen functional groups attached to an aromatic ring is 1. The van der Waals surface area contributed by atoms with E-state index in [1.807, 2.05) is 24.3 Å². The van der Waals surface area contributed by atoms with Gasteiger partial charge in [-0.1, -0.05) is 6.07 Å². The topological polar surface area (TPSA) is 96.3 Å². The van der Waals surface area contributed by atoms with Gasteiger partial charge in [-0.15, -0.1) is 0 Å². The van der Waals surface area contributed by atoms with Gasteiger partial charge < -0.3 is 10.7 Å². The number of benzene rings is 1. The first-order valence-corrected chi connectivity index (χ1v) is 5.85. The van der Waals surface area contributed by atoms with Crippen LogP contribution in [0.4, 0.5) is 5.82 Å². The van der Waals surface area contributed by atoms with Crippen molar-refractivity contribution in [3.05, 3.63) is 36.8 Å². The molecule has 4 aromatic rings. The molecule has 0 amide bonds. The molecule has 3 heterocycles. The summed E-state index contributed by atoms with van der Waals surface area (Å²) in [6.07, 6.45) is 3.41. The van der Waals surface area contributed by atoms with E-state index in [1.165, 1.54) is 0 Å². The molecule has 0 bridgehead atoms. The van der Waals surface area contributed by atoms with E-state index in [0.29, 0.717) is 5.82 Å². The summed E-state index contributed by atoms with van der Waals surface area (Å²) < 4.78 is 0. The maximum Gasteiger partial charge on any atom is 0.157 e. The van der Waals surface area contributed by atoms with Gasteiger partial charge in [0.2, 0.25) is 0 Å². The molecule has 92 valence electrons. The normalized spacial score (nSPS) is 11.4. The average molecular weight is 250 g/mol. The average Bonchev–Trinajstić information content (AvgIpc) is 3.05. The second-order valence-electron chi connectivity index (χ2n) is 4.33. The van der Waals surface area contributed by atoms with Gasteiger partial charge in [-0.05, 0) is 23.8 Å². The first kappa shape index (κ1) is 10.1. The zero-order valence-corrected chi connectivity index (χ0v) is 9.88. The molecule has 0 radical (unpaired) electrons. The van der Waals surface area contributed by atoms with Crippen molar-refractivity contribution in [1.29, 1.82) is 0 Å².